The molecule has 6 heteroatoms. The molecule has 0 aromatic carbocycles. The van der Waals surface area contributed by atoms with Gasteiger partial charge in [0.25, 0.3) is 0 Å². The summed E-state index contributed by atoms with van der Waals surface area (Å²) in [6.45, 7) is 9.44. The molecule has 2 amide bonds. The van der Waals surface area contributed by atoms with Gasteiger partial charge in [0, 0.05) is 36.6 Å². The van der Waals surface area contributed by atoms with Crippen molar-refractivity contribution in [2.24, 2.45) is 0 Å². The molecule has 0 spiro atoms. The van der Waals surface area contributed by atoms with Crippen molar-refractivity contribution in [2.45, 2.75) is 52.1 Å². The first-order valence-corrected chi connectivity index (χ1v) is 7.47. The highest BCUT2D eigenvalue weighted by atomic mass is 16.2. The number of piperidine rings is 1. The molecular weight excluding hydrogens is 266 g/mol. The second-order valence-corrected chi connectivity index (χ2v) is 6.61. The molecule has 0 atom stereocenters. The normalized spacial score (nSPS) is 16.7. The Kier molecular flexibility index (Phi) is 4.65. The van der Waals surface area contributed by atoms with E-state index in [0.717, 1.165) is 31.6 Å². The zero-order valence-electron chi connectivity index (χ0n) is 13.3. The Morgan fingerprint density at radius 3 is 2.57 bits per heavy atom. The lowest BCUT2D eigenvalue weighted by Crippen LogP contribution is -2.51. The van der Waals surface area contributed by atoms with Crippen LogP contribution in [0.5, 0.6) is 0 Å². The lowest BCUT2D eigenvalue weighted by Gasteiger charge is -2.34. The molecule has 2 heterocycles. The summed E-state index contributed by atoms with van der Waals surface area (Å²) in [4.78, 5) is 22.5. The molecule has 2 rings (SSSR count). The molecule has 0 unspecified atom stereocenters. The summed E-state index contributed by atoms with van der Waals surface area (Å²) in [5, 5.41) is 6.35. The molecule has 0 radical (unpaired) electrons. The third-order valence-electron chi connectivity index (χ3n) is 3.39. The van der Waals surface area contributed by atoms with E-state index in [1.165, 1.54) is 0 Å². The second kappa shape index (κ2) is 6.28. The van der Waals surface area contributed by atoms with Crippen LogP contribution in [0, 0.1) is 6.92 Å². The maximum Gasteiger partial charge on any atom is 0.317 e. The van der Waals surface area contributed by atoms with Gasteiger partial charge in [-0.05, 0) is 46.6 Å². The van der Waals surface area contributed by atoms with E-state index < -0.39 is 0 Å². The van der Waals surface area contributed by atoms with Crippen LogP contribution in [-0.2, 0) is 0 Å². The Bertz CT molecular complexity index is 489. The quantitative estimate of drug-likeness (QED) is 0.876. The van der Waals surface area contributed by atoms with Crippen LogP contribution in [0.3, 0.4) is 0 Å². The minimum atomic E-state index is -0.193. The van der Waals surface area contributed by atoms with Gasteiger partial charge in [0.05, 0.1) is 0 Å². The van der Waals surface area contributed by atoms with Crippen molar-refractivity contribution in [3.05, 3.63) is 18.0 Å². The van der Waals surface area contributed by atoms with E-state index in [4.69, 9.17) is 0 Å². The highest BCUT2D eigenvalue weighted by Crippen LogP contribution is 2.15. The van der Waals surface area contributed by atoms with Crippen molar-refractivity contribution in [3.63, 3.8) is 0 Å². The molecule has 2 N–H and O–H groups in total. The number of carbonyl (C=O) groups is 1. The molecule has 1 aliphatic heterocycles. The molecule has 116 valence electrons. The number of amides is 2. The van der Waals surface area contributed by atoms with Gasteiger partial charge in [0.2, 0.25) is 5.95 Å². The van der Waals surface area contributed by atoms with Crippen LogP contribution >= 0.6 is 0 Å². The van der Waals surface area contributed by atoms with Crippen molar-refractivity contribution in [1.82, 2.24) is 20.2 Å². The molecule has 21 heavy (non-hydrogen) atoms. The van der Waals surface area contributed by atoms with Gasteiger partial charge in [-0.1, -0.05) is 0 Å². The summed E-state index contributed by atoms with van der Waals surface area (Å²) in [6.07, 6.45) is 3.58. The largest absolute Gasteiger partial charge is 0.351 e. The zero-order valence-corrected chi connectivity index (χ0v) is 13.3. The molecule has 0 aliphatic carbocycles. The fourth-order valence-electron chi connectivity index (χ4n) is 2.33. The number of nitrogens with zero attached hydrogens (tertiary/aromatic N) is 3. The average molecular weight is 291 g/mol. The Labute approximate surface area is 126 Å². The van der Waals surface area contributed by atoms with Crippen molar-refractivity contribution >= 4 is 12.0 Å². The molecule has 0 bridgehead atoms. The van der Waals surface area contributed by atoms with Crippen molar-refractivity contribution in [3.8, 4) is 0 Å². The van der Waals surface area contributed by atoms with Crippen LogP contribution in [0.2, 0.25) is 0 Å². The van der Waals surface area contributed by atoms with Gasteiger partial charge in [-0.25, -0.2) is 14.8 Å². The third-order valence-corrected chi connectivity index (χ3v) is 3.39. The van der Waals surface area contributed by atoms with Gasteiger partial charge in [-0.15, -0.1) is 0 Å². The van der Waals surface area contributed by atoms with Crippen LogP contribution < -0.4 is 10.6 Å². The SMILES string of the molecule is Cc1ccnc(NC2CCN(C(=O)NC(C)(C)C)CC2)n1. The van der Waals surface area contributed by atoms with E-state index in [0.29, 0.717) is 12.0 Å². The summed E-state index contributed by atoms with van der Waals surface area (Å²) in [5.74, 6) is 0.674. The standard InChI is InChI=1S/C15H25N5O/c1-11-5-8-16-13(17-11)18-12-6-9-20(10-7-12)14(21)19-15(2,3)4/h5,8,12H,6-7,9-10H2,1-4H3,(H,19,21)(H,16,17,18). The molecule has 1 aromatic heterocycles. The number of hydrogen-bond acceptors (Lipinski definition) is 4. The number of aromatic nitrogens is 2. The predicted molar refractivity (Wildman–Crippen MR) is 83.3 cm³/mol. The number of anilines is 1. The fraction of sp³-hybridized carbons (Fsp3) is 0.667. The molecule has 0 saturated carbocycles. The van der Waals surface area contributed by atoms with E-state index in [-0.39, 0.29) is 11.6 Å². The summed E-state index contributed by atoms with van der Waals surface area (Å²) >= 11 is 0. The lowest BCUT2D eigenvalue weighted by molar-refractivity contribution is 0.175. The Hall–Kier alpha value is -1.85. The number of likely N-dealkylation sites (tertiary alicyclic amines) is 1. The van der Waals surface area contributed by atoms with Gasteiger partial charge in [-0.2, -0.15) is 0 Å². The van der Waals surface area contributed by atoms with E-state index in [1.54, 1.807) is 6.20 Å². The fourth-order valence-corrected chi connectivity index (χ4v) is 2.33. The number of rotatable bonds is 2. The maximum absolute atomic E-state index is 12.1. The zero-order chi connectivity index (χ0) is 15.5. The number of urea groups is 1. The predicted octanol–water partition coefficient (Wildman–Crippen LogP) is 2.17. The topological polar surface area (TPSA) is 70.2 Å². The van der Waals surface area contributed by atoms with Crippen molar-refractivity contribution < 1.29 is 4.79 Å². The van der Waals surface area contributed by atoms with Gasteiger partial charge < -0.3 is 15.5 Å². The first kappa shape index (κ1) is 15.5. The number of carbonyl (C=O) groups excluding carboxylic acids is 1. The Balaban J connectivity index is 1.82. The van der Waals surface area contributed by atoms with Crippen LogP contribution in [0.15, 0.2) is 12.3 Å². The first-order chi connectivity index (χ1) is 9.83. The number of hydrogen-bond donors (Lipinski definition) is 2. The second-order valence-electron chi connectivity index (χ2n) is 6.61. The summed E-state index contributed by atoms with van der Waals surface area (Å²) in [7, 11) is 0. The van der Waals surface area contributed by atoms with E-state index >= 15 is 0 Å². The molecule has 1 aromatic rings. The van der Waals surface area contributed by atoms with Gasteiger partial charge in [0.15, 0.2) is 0 Å². The minimum absolute atomic E-state index is 0.0211. The Morgan fingerprint density at radius 1 is 1.33 bits per heavy atom. The van der Waals surface area contributed by atoms with E-state index in [2.05, 4.69) is 20.6 Å². The highest BCUT2D eigenvalue weighted by molar-refractivity contribution is 5.75. The number of aryl methyl sites for hydroxylation is 1. The summed E-state index contributed by atoms with van der Waals surface area (Å²) < 4.78 is 0. The first-order valence-electron chi connectivity index (χ1n) is 7.47. The molecule has 1 fully saturated rings. The molecule has 1 aliphatic rings. The minimum Gasteiger partial charge on any atom is -0.351 e. The molecule has 1 saturated heterocycles. The van der Waals surface area contributed by atoms with Crippen LogP contribution in [-0.4, -0.2) is 45.6 Å². The lowest BCUT2D eigenvalue weighted by atomic mass is 10.1. The highest BCUT2D eigenvalue weighted by Gasteiger charge is 2.25. The van der Waals surface area contributed by atoms with E-state index in [1.807, 2.05) is 38.7 Å². The molecular formula is C15H25N5O. The van der Waals surface area contributed by atoms with Gasteiger partial charge >= 0.3 is 6.03 Å². The Morgan fingerprint density at radius 2 is 2.00 bits per heavy atom. The summed E-state index contributed by atoms with van der Waals surface area (Å²) in [5.41, 5.74) is 0.760. The summed E-state index contributed by atoms with van der Waals surface area (Å²) in [6, 6.07) is 2.23. The van der Waals surface area contributed by atoms with Crippen LogP contribution in [0.1, 0.15) is 39.3 Å². The van der Waals surface area contributed by atoms with E-state index in [9.17, 15) is 4.79 Å². The van der Waals surface area contributed by atoms with Gasteiger partial charge in [-0.3, -0.25) is 0 Å². The smallest absolute Gasteiger partial charge is 0.317 e. The van der Waals surface area contributed by atoms with Crippen molar-refractivity contribution in [1.29, 1.82) is 0 Å². The van der Waals surface area contributed by atoms with Crippen LogP contribution in [0.25, 0.3) is 0 Å². The molecule has 6 nitrogen and oxygen atoms in total. The third kappa shape index (κ3) is 4.88. The number of nitrogens with one attached hydrogen (secondary N) is 2. The van der Waals surface area contributed by atoms with Crippen LogP contribution in [0.4, 0.5) is 10.7 Å². The average Bonchev–Trinajstić information content (AvgIpc) is 2.37. The van der Waals surface area contributed by atoms with Gasteiger partial charge in [0.1, 0.15) is 0 Å². The monoisotopic (exact) mass is 291 g/mol. The maximum atomic E-state index is 12.1. The van der Waals surface area contributed by atoms with Crippen molar-refractivity contribution in [2.75, 3.05) is 18.4 Å².